The molecule has 2 heterocycles. The summed E-state index contributed by atoms with van der Waals surface area (Å²) in [5.74, 6) is 1.40. The number of aryl methyl sites for hydroxylation is 2. The maximum Gasteiger partial charge on any atom is 0.159 e. The van der Waals surface area contributed by atoms with Gasteiger partial charge in [0.05, 0.1) is 11.1 Å². The van der Waals surface area contributed by atoms with Crippen LogP contribution in [0.1, 0.15) is 43.7 Å². The lowest BCUT2D eigenvalue weighted by Gasteiger charge is -2.18. The van der Waals surface area contributed by atoms with Crippen LogP contribution >= 0.6 is 11.6 Å². The molecule has 2 rings (SSSR count). The minimum atomic E-state index is -0.868. The van der Waals surface area contributed by atoms with Crippen LogP contribution in [0.15, 0.2) is 0 Å². The Morgan fingerprint density at radius 3 is 2.55 bits per heavy atom. The van der Waals surface area contributed by atoms with Crippen LogP contribution in [0.2, 0.25) is 0 Å². The summed E-state index contributed by atoms with van der Waals surface area (Å²) in [6.07, 6.45) is 1.72. The molecule has 7 heteroatoms. The first-order valence-corrected chi connectivity index (χ1v) is 8.92. The van der Waals surface area contributed by atoms with Gasteiger partial charge in [-0.2, -0.15) is 5.10 Å². The largest absolute Gasteiger partial charge is 0.308 e. The highest BCUT2D eigenvalue weighted by molar-refractivity contribution is 7.84. The third-order valence-corrected chi connectivity index (χ3v) is 4.49. The quantitative estimate of drug-likeness (QED) is 0.797. The number of halogens is 1. The lowest BCUT2D eigenvalue weighted by atomic mass is 10.3. The molecule has 3 atom stereocenters. The zero-order valence-electron chi connectivity index (χ0n) is 12.6. The molecule has 0 spiro atoms. The summed E-state index contributed by atoms with van der Waals surface area (Å²) in [4.78, 5) is 4.66. The fourth-order valence-electron chi connectivity index (χ4n) is 2.56. The van der Waals surface area contributed by atoms with Crippen LogP contribution in [-0.4, -0.2) is 35.5 Å². The van der Waals surface area contributed by atoms with E-state index in [1.807, 2.05) is 25.5 Å². The average Bonchev–Trinajstić information content (AvgIpc) is 2.86. The number of aromatic nitrogens is 4. The first kappa shape index (κ1) is 15.5. The Kier molecular flexibility index (Phi) is 4.54. The van der Waals surface area contributed by atoms with E-state index in [4.69, 9.17) is 11.6 Å². The second-order valence-corrected chi connectivity index (χ2v) is 7.25. The molecule has 0 fully saturated rings. The number of fused-ring (bicyclic) bond motifs is 1. The van der Waals surface area contributed by atoms with Crippen molar-refractivity contribution in [1.29, 1.82) is 0 Å². The fraction of sp³-hybridized carbons (Fsp3) is 0.692. The van der Waals surface area contributed by atoms with Crippen molar-refractivity contribution < 1.29 is 4.21 Å². The summed E-state index contributed by atoms with van der Waals surface area (Å²) in [7, 11) is -0.868. The molecule has 0 aliphatic rings. The van der Waals surface area contributed by atoms with Crippen LogP contribution in [0.4, 0.5) is 0 Å². The maximum atomic E-state index is 11.5. The van der Waals surface area contributed by atoms with Gasteiger partial charge in [-0.25, -0.2) is 9.67 Å². The van der Waals surface area contributed by atoms with Crippen LogP contribution in [0, 0.1) is 6.92 Å². The van der Waals surface area contributed by atoms with Crippen molar-refractivity contribution >= 4 is 33.6 Å². The van der Waals surface area contributed by atoms with Gasteiger partial charge in [-0.1, -0.05) is 0 Å². The van der Waals surface area contributed by atoms with Crippen LogP contribution in [-0.2, 0) is 17.3 Å². The minimum Gasteiger partial charge on any atom is -0.308 e. The number of rotatable bonds is 5. The SMILES string of the molecule is CCn1nc(C)c2nc(C(C)Cl)n(C(C)CS(C)=O)c21. The van der Waals surface area contributed by atoms with Crippen molar-refractivity contribution in [3.63, 3.8) is 0 Å². The highest BCUT2D eigenvalue weighted by Crippen LogP contribution is 2.29. The van der Waals surface area contributed by atoms with E-state index < -0.39 is 10.8 Å². The van der Waals surface area contributed by atoms with Crippen LogP contribution in [0.25, 0.3) is 11.2 Å². The molecule has 20 heavy (non-hydrogen) atoms. The standard InChI is InChI=1S/C13H21ClN4OS/c1-6-17-13-11(10(4)16-17)15-12(9(3)14)18(13)8(2)7-20(5)19/h8-9H,6-7H2,1-5H3. The number of hydrogen-bond acceptors (Lipinski definition) is 3. The molecule has 0 radical (unpaired) electrons. The Morgan fingerprint density at radius 2 is 2.05 bits per heavy atom. The number of alkyl halides is 1. The Labute approximate surface area is 126 Å². The van der Waals surface area contributed by atoms with Crippen molar-refractivity contribution in [2.24, 2.45) is 0 Å². The molecule has 0 bridgehead atoms. The van der Waals surface area contributed by atoms with Crippen LogP contribution < -0.4 is 0 Å². The predicted molar refractivity (Wildman–Crippen MR) is 83.8 cm³/mol. The molecule has 0 aliphatic heterocycles. The third-order valence-electron chi connectivity index (χ3n) is 3.34. The molecular formula is C13H21ClN4OS. The van der Waals surface area contributed by atoms with E-state index in [0.29, 0.717) is 5.75 Å². The summed E-state index contributed by atoms with van der Waals surface area (Å²) in [6.45, 7) is 8.74. The van der Waals surface area contributed by atoms with Crippen LogP contribution in [0.5, 0.6) is 0 Å². The normalized spacial score (nSPS) is 16.5. The van der Waals surface area contributed by atoms with Crippen molar-refractivity contribution in [2.75, 3.05) is 12.0 Å². The third kappa shape index (κ3) is 2.63. The molecule has 0 saturated heterocycles. The zero-order valence-corrected chi connectivity index (χ0v) is 14.1. The van der Waals surface area contributed by atoms with E-state index in [1.54, 1.807) is 6.26 Å². The Balaban J connectivity index is 2.69. The van der Waals surface area contributed by atoms with Gasteiger partial charge in [0.15, 0.2) is 5.65 Å². The molecule has 112 valence electrons. The van der Waals surface area contributed by atoms with Crippen molar-refractivity contribution in [3.05, 3.63) is 11.5 Å². The van der Waals surface area contributed by atoms with E-state index in [0.717, 1.165) is 29.2 Å². The molecule has 3 unspecified atom stereocenters. The summed E-state index contributed by atoms with van der Waals surface area (Å²) >= 11 is 6.28. The Hall–Kier alpha value is -0.880. The first-order valence-electron chi connectivity index (χ1n) is 6.76. The maximum absolute atomic E-state index is 11.5. The summed E-state index contributed by atoms with van der Waals surface area (Å²) in [5, 5.41) is 4.31. The van der Waals surface area contributed by atoms with E-state index >= 15 is 0 Å². The molecule has 0 amide bonds. The number of hydrogen-bond donors (Lipinski definition) is 0. The smallest absolute Gasteiger partial charge is 0.159 e. The average molecular weight is 317 g/mol. The minimum absolute atomic E-state index is 0.0726. The predicted octanol–water partition coefficient (Wildman–Crippen LogP) is 2.80. The van der Waals surface area contributed by atoms with E-state index in [2.05, 4.69) is 21.6 Å². The first-order chi connectivity index (χ1) is 9.36. The second-order valence-electron chi connectivity index (χ2n) is 5.12. The molecule has 0 aromatic carbocycles. The fourth-order valence-corrected chi connectivity index (χ4v) is 3.54. The van der Waals surface area contributed by atoms with Gasteiger partial charge in [0.25, 0.3) is 0 Å². The zero-order chi connectivity index (χ0) is 15.0. The van der Waals surface area contributed by atoms with Gasteiger partial charge >= 0.3 is 0 Å². The van der Waals surface area contributed by atoms with Gasteiger partial charge in [0.2, 0.25) is 0 Å². The molecule has 0 N–H and O–H groups in total. The Morgan fingerprint density at radius 1 is 1.40 bits per heavy atom. The summed E-state index contributed by atoms with van der Waals surface area (Å²) in [6, 6.07) is 0.0726. The molecule has 0 saturated carbocycles. The van der Waals surface area contributed by atoms with Gasteiger partial charge in [0.1, 0.15) is 11.3 Å². The van der Waals surface area contributed by atoms with Crippen molar-refractivity contribution in [2.45, 2.75) is 45.7 Å². The van der Waals surface area contributed by atoms with Gasteiger partial charge < -0.3 is 4.57 Å². The monoisotopic (exact) mass is 316 g/mol. The van der Waals surface area contributed by atoms with E-state index in [1.165, 1.54) is 0 Å². The van der Waals surface area contributed by atoms with E-state index in [9.17, 15) is 4.21 Å². The van der Waals surface area contributed by atoms with Gasteiger partial charge in [0, 0.05) is 35.4 Å². The molecular weight excluding hydrogens is 296 g/mol. The second kappa shape index (κ2) is 5.85. The summed E-state index contributed by atoms with van der Waals surface area (Å²) in [5.41, 5.74) is 2.78. The van der Waals surface area contributed by atoms with Gasteiger partial charge in [-0.15, -0.1) is 11.6 Å². The van der Waals surface area contributed by atoms with E-state index in [-0.39, 0.29) is 11.4 Å². The number of imidazole rings is 1. The topological polar surface area (TPSA) is 52.7 Å². The van der Waals surface area contributed by atoms with Crippen molar-refractivity contribution in [1.82, 2.24) is 19.3 Å². The van der Waals surface area contributed by atoms with Crippen LogP contribution in [0.3, 0.4) is 0 Å². The highest BCUT2D eigenvalue weighted by atomic mass is 35.5. The molecule has 5 nitrogen and oxygen atoms in total. The van der Waals surface area contributed by atoms with Crippen molar-refractivity contribution in [3.8, 4) is 0 Å². The molecule has 0 aliphatic carbocycles. The van der Waals surface area contributed by atoms with Gasteiger partial charge in [-0.3, -0.25) is 4.21 Å². The molecule has 2 aromatic rings. The lowest BCUT2D eigenvalue weighted by Crippen LogP contribution is -2.18. The number of nitrogens with zero attached hydrogens (tertiary/aromatic N) is 4. The Bertz CT molecular complexity index is 646. The molecule has 2 aromatic heterocycles. The summed E-state index contributed by atoms with van der Waals surface area (Å²) < 4.78 is 15.6. The lowest BCUT2D eigenvalue weighted by molar-refractivity contribution is 0.554. The van der Waals surface area contributed by atoms with Gasteiger partial charge in [-0.05, 0) is 27.7 Å². The highest BCUT2D eigenvalue weighted by Gasteiger charge is 2.24.